The van der Waals surface area contributed by atoms with Gasteiger partial charge in [0.05, 0.1) is 10.6 Å². The number of aromatic nitrogens is 1. The second-order valence-corrected chi connectivity index (χ2v) is 7.17. The first-order chi connectivity index (χ1) is 11.4. The molecule has 1 aromatic heterocycles. The number of nitrogens with one attached hydrogen (secondary N) is 1. The second-order valence-electron chi connectivity index (χ2n) is 5.06. The molecule has 1 aromatic carbocycles. The highest BCUT2D eigenvalue weighted by atomic mass is 32.2. The van der Waals surface area contributed by atoms with Gasteiger partial charge >= 0.3 is 0 Å². The molecule has 0 fully saturated rings. The normalized spacial score (nSPS) is 12.3. The number of nitrogens with zero attached hydrogens (tertiary/aromatic N) is 1. The maximum Gasteiger partial charge on any atom is 0.270 e. The molecular weight excluding hydrogens is 330 g/mol. The predicted octanol–water partition coefficient (Wildman–Crippen LogP) is 0.529. The Morgan fingerprint density at radius 3 is 2.33 bits per heavy atom. The van der Waals surface area contributed by atoms with Gasteiger partial charge in [0.1, 0.15) is 11.7 Å². The van der Waals surface area contributed by atoms with Crippen molar-refractivity contribution < 1.29 is 18.0 Å². The zero-order chi connectivity index (χ0) is 17.6. The number of benzene rings is 1. The molecule has 1 heterocycles. The van der Waals surface area contributed by atoms with Crippen molar-refractivity contribution in [1.29, 1.82) is 0 Å². The van der Waals surface area contributed by atoms with E-state index in [0.29, 0.717) is 0 Å². The van der Waals surface area contributed by atoms with Crippen LogP contribution in [0.1, 0.15) is 16.9 Å². The summed E-state index contributed by atoms with van der Waals surface area (Å²) < 4.78 is 24.5. The summed E-state index contributed by atoms with van der Waals surface area (Å²) in [6, 6.07) is 11.5. The number of amides is 2. The van der Waals surface area contributed by atoms with Crippen LogP contribution in [0.15, 0.2) is 59.6 Å². The van der Waals surface area contributed by atoms with Gasteiger partial charge in [-0.3, -0.25) is 14.6 Å². The summed E-state index contributed by atoms with van der Waals surface area (Å²) >= 11 is 0. The zero-order valence-corrected chi connectivity index (χ0v) is 13.6. The van der Waals surface area contributed by atoms with Crippen molar-refractivity contribution in [2.75, 3.05) is 5.75 Å². The minimum Gasteiger partial charge on any atom is -0.368 e. The molecule has 7 nitrogen and oxygen atoms in total. The molecule has 1 atom stereocenters. The van der Waals surface area contributed by atoms with E-state index in [1.807, 2.05) is 0 Å². The Morgan fingerprint density at radius 1 is 1.08 bits per heavy atom. The molecule has 8 heteroatoms. The van der Waals surface area contributed by atoms with Gasteiger partial charge in [0, 0.05) is 6.20 Å². The number of carbonyl (C=O) groups excluding carboxylic acids is 2. The molecule has 24 heavy (non-hydrogen) atoms. The smallest absolute Gasteiger partial charge is 0.270 e. The number of rotatable bonds is 7. The zero-order valence-electron chi connectivity index (χ0n) is 12.8. The summed E-state index contributed by atoms with van der Waals surface area (Å²) in [5.74, 6) is -1.70. The van der Waals surface area contributed by atoms with Gasteiger partial charge in [0.25, 0.3) is 5.91 Å². The Kier molecular flexibility index (Phi) is 5.64. The monoisotopic (exact) mass is 347 g/mol. The summed E-state index contributed by atoms with van der Waals surface area (Å²) in [5.41, 5.74) is 5.38. The number of primary amides is 1. The second kappa shape index (κ2) is 7.69. The summed E-state index contributed by atoms with van der Waals surface area (Å²) in [4.78, 5) is 27.6. The van der Waals surface area contributed by atoms with E-state index in [1.165, 1.54) is 24.4 Å². The van der Waals surface area contributed by atoms with E-state index in [9.17, 15) is 18.0 Å². The summed E-state index contributed by atoms with van der Waals surface area (Å²) in [6.45, 7) is 0. The van der Waals surface area contributed by atoms with Crippen molar-refractivity contribution in [3.8, 4) is 0 Å². The van der Waals surface area contributed by atoms with Crippen LogP contribution in [0.4, 0.5) is 0 Å². The molecule has 0 unspecified atom stereocenters. The molecular formula is C16H17N3O4S. The standard InChI is InChI=1S/C16H17N3O4S/c17-15(20)13(19-16(21)14-8-4-5-10-18-14)9-11-24(22,23)12-6-2-1-3-7-12/h1-8,10,13H,9,11H2,(H2,17,20)(H,19,21)/t13-/m1/s1. The van der Waals surface area contributed by atoms with E-state index < -0.39 is 27.7 Å². The van der Waals surface area contributed by atoms with Crippen molar-refractivity contribution in [3.05, 3.63) is 60.4 Å². The van der Waals surface area contributed by atoms with Crippen LogP contribution >= 0.6 is 0 Å². The van der Waals surface area contributed by atoms with Crippen LogP contribution in [0.2, 0.25) is 0 Å². The average Bonchev–Trinajstić information content (AvgIpc) is 2.59. The number of hydrogen-bond donors (Lipinski definition) is 2. The van der Waals surface area contributed by atoms with Gasteiger partial charge in [-0.1, -0.05) is 24.3 Å². The third-order valence-electron chi connectivity index (χ3n) is 3.32. The van der Waals surface area contributed by atoms with E-state index in [2.05, 4.69) is 10.3 Å². The first-order valence-electron chi connectivity index (χ1n) is 7.19. The van der Waals surface area contributed by atoms with Gasteiger partial charge in [-0.2, -0.15) is 0 Å². The van der Waals surface area contributed by atoms with Crippen LogP contribution in [0.25, 0.3) is 0 Å². The molecule has 2 amide bonds. The minimum absolute atomic E-state index is 0.120. The Balaban J connectivity index is 2.04. The van der Waals surface area contributed by atoms with E-state index >= 15 is 0 Å². The molecule has 0 aliphatic heterocycles. The van der Waals surface area contributed by atoms with Crippen LogP contribution in [0.5, 0.6) is 0 Å². The molecule has 126 valence electrons. The van der Waals surface area contributed by atoms with E-state index in [-0.39, 0.29) is 22.8 Å². The number of hydrogen-bond acceptors (Lipinski definition) is 5. The minimum atomic E-state index is -3.56. The largest absolute Gasteiger partial charge is 0.368 e. The van der Waals surface area contributed by atoms with Crippen molar-refractivity contribution >= 4 is 21.7 Å². The third kappa shape index (κ3) is 4.63. The lowest BCUT2D eigenvalue weighted by Gasteiger charge is -2.15. The van der Waals surface area contributed by atoms with Gasteiger partial charge in [0.15, 0.2) is 9.84 Å². The molecule has 2 rings (SSSR count). The maximum atomic E-state index is 12.2. The molecule has 0 spiro atoms. The highest BCUT2D eigenvalue weighted by Crippen LogP contribution is 2.12. The quantitative estimate of drug-likeness (QED) is 0.757. The number of sulfone groups is 1. The predicted molar refractivity (Wildman–Crippen MR) is 87.8 cm³/mol. The van der Waals surface area contributed by atoms with Gasteiger partial charge in [-0.15, -0.1) is 0 Å². The Bertz CT molecular complexity index is 808. The fourth-order valence-corrected chi connectivity index (χ4v) is 3.39. The molecule has 0 bridgehead atoms. The van der Waals surface area contributed by atoms with Crippen molar-refractivity contribution in [2.24, 2.45) is 5.73 Å². The lowest BCUT2D eigenvalue weighted by atomic mass is 10.2. The highest BCUT2D eigenvalue weighted by molar-refractivity contribution is 7.91. The summed E-state index contributed by atoms with van der Waals surface area (Å²) in [6.07, 6.45) is 1.32. The fourth-order valence-electron chi connectivity index (χ4n) is 2.03. The Morgan fingerprint density at radius 2 is 1.75 bits per heavy atom. The van der Waals surface area contributed by atoms with Gasteiger partial charge in [-0.05, 0) is 30.7 Å². The van der Waals surface area contributed by atoms with E-state index in [1.54, 1.807) is 30.3 Å². The van der Waals surface area contributed by atoms with Crippen LogP contribution in [-0.2, 0) is 14.6 Å². The number of nitrogens with two attached hydrogens (primary N) is 1. The van der Waals surface area contributed by atoms with Crippen LogP contribution < -0.4 is 11.1 Å². The van der Waals surface area contributed by atoms with Gasteiger partial charge in [-0.25, -0.2) is 8.42 Å². The van der Waals surface area contributed by atoms with Crippen LogP contribution in [-0.4, -0.2) is 37.0 Å². The molecule has 0 saturated carbocycles. The van der Waals surface area contributed by atoms with E-state index in [4.69, 9.17) is 5.73 Å². The van der Waals surface area contributed by atoms with Crippen molar-refractivity contribution in [3.63, 3.8) is 0 Å². The lowest BCUT2D eigenvalue weighted by Crippen LogP contribution is -2.45. The van der Waals surface area contributed by atoms with Crippen molar-refractivity contribution in [1.82, 2.24) is 10.3 Å². The molecule has 0 aliphatic carbocycles. The van der Waals surface area contributed by atoms with E-state index in [0.717, 1.165) is 0 Å². The topological polar surface area (TPSA) is 119 Å². The first-order valence-corrected chi connectivity index (χ1v) is 8.84. The third-order valence-corrected chi connectivity index (χ3v) is 5.09. The number of pyridine rings is 1. The highest BCUT2D eigenvalue weighted by Gasteiger charge is 2.23. The van der Waals surface area contributed by atoms with Gasteiger partial charge in [0.2, 0.25) is 5.91 Å². The maximum absolute atomic E-state index is 12.2. The Labute approximate surface area is 139 Å². The van der Waals surface area contributed by atoms with Crippen LogP contribution in [0, 0.1) is 0 Å². The molecule has 3 N–H and O–H groups in total. The molecule has 0 radical (unpaired) electrons. The lowest BCUT2D eigenvalue weighted by molar-refractivity contribution is -0.119. The molecule has 0 aliphatic rings. The van der Waals surface area contributed by atoms with Crippen molar-refractivity contribution in [2.45, 2.75) is 17.4 Å². The SMILES string of the molecule is NC(=O)[C@@H](CCS(=O)(=O)c1ccccc1)NC(=O)c1ccccn1. The van der Waals surface area contributed by atoms with Gasteiger partial charge < -0.3 is 11.1 Å². The first kappa shape index (κ1) is 17.6. The van der Waals surface area contributed by atoms with Crippen LogP contribution in [0.3, 0.4) is 0 Å². The fraction of sp³-hybridized carbons (Fsp3) is 0.188. The Hall–Kier alpha value is -2.74. The average molecular weight is 347 g/mol. The summed E-state index contributed by atoms with van der Waals surface area (Å²) in [7, 11) is -3.56. The molecule has 2 aromatic rings. The number of carbonyl (C=O) groups is 2. The molecule has 0 saturated heterocycles. The summed E-state index contributed by atoms with van der Waals surface area (Å²) in [5, 5.41) is 2.42.